The van der Waals surface area contributed by atoms with Gasteiger partial charge in [-0.1, -0.05) is 29.3 Å². The van der Waals surface area contributed by atoms with Crippen molar-refractivity contribution in [2.45, 2.75) is 6.92 Å². The summed E-state index contributed by atoms with van der Waals surface area (Å²) in [6.07, 6.45) is 2.83. The third-order valence-corrected chi connectivity index (χ3v) is 2.47. The maximum atomic E-state index is 11.2. The summed E-state index contributed by atoms with van der Waals surface area (Å²) in [5.41, 5.74) is 5.09. The molecule has 6 heteroatoms. The van der Waals surface area contributed by atoms with Crippen LogP contribution in [-0.4, -0.2) is 11.8 Å². The summed E-state index contributed by atoms with van der Waals surface area (Å²) in [5, 5.41) is 0.864. The first kappa shape index (κ1) is 13.5. The van der Waals surface area contributed by atoms with Gasteiger partial charge in [0.1, 0.15) is 0 Å². The number of carbonyl (C=O) groups is 2. The van der Waals surface area contributed by atoms with E-state index in [1.165, 1.54) is 13.0 Å². The number of hydrogen-bond acceptors (Lipinski definition) is 2. The molecule has 0 saturated carbocycles. The van der Waals surface area contributed by atoms with Gasteiger partial charge in [0.2, 0.25) is 5.91 Å². The second kappa shape index (κ2) is 6.27. The molecule has 0 fully saturated rings. The van der Waals surface area contributed by atoms with Gasteiger partial charge in [0.05, 0.1) is 10.0 Å². The number of hydrazine groups is 1. The molecule has 2 N–H and O–H groups in total. The van der Waals surface area contributed by atoms with Gasteiger partial charge in [-0.3, -0.25) is 20.4 Å². The van der Waals surface area contributed by atoms with E-state index in [0.717, 1.165) is 5.56 Å². The normalized spacial score (nSPS) is 10.3. The van der Waals surface area contributed by atoms with Gasteiger partial charge in [-0.15, -0.1) is 0 Å². The number of hydrogen-bond donors (Lipinski definition) is 2. The largest absolute Gasteiger partial charge is 0.274 e. The number of halogens is 2. The van der Waals surface area contributed by atoms with Crippen molar-refractivity contribution in [3.8, 4) is 0 Å². The fraction of sp³-hybridized carbons (Fsp3) is 0.0909. The van der Waals surface area contributed by atoms with Gasteiger partial charge in [0.15, 0.2) is 0 Å². The van der Waals surface area contributed by atoms with Gasteiger partial charge in [0.25, 0.3) is 5.91 Å². The maximum absolute atomic E-state index is 11.2. The molecule has 0 saturated heterocycles. The van der Waals surface area contributed by atoms with Crippen molar-refractivity contribution in [2.24, 2.45) is 0 Å². The van der Waals surface area contributed by atoms with Crippen LogP contribution in [0.15, 0.2) is 24.3 Å². The maximum Gasteiger partial charge on any atom is 0.262 e. The first-order chi connectivity index (χ1) is 7.99. The first-order valence-corrected chi connectivity index (χ1v) is 5.44. The summed E-state index contributed by atoms with van der Waals surface area (Å²) in [6.45, 7) is 1.29. The van der Waals surface area contributed by atoms with Crippen molar-refractivity contribution in [2.75, 3.05) is 0 Å². The SMILES string of the molecule is CC(=O)NNC(=O)C=Cc1ccc(Cl)c(Cl)c1. The van der Waals surface area contributed by atoms with Crippen LogP contribution in [-0.2, 0) is 9.59 Å². The highest BCUT2D eigenvalue weighted by atomic mass is 35.5. The predicted octanol–water partition coefficient (Wildman–Crippen LogP) is 2.17. The lowest BCUT2D eigenvalue weighted by Crippen LogP contribution is -2.39. The Hall–Kier alpha value is -1.52. The molecule has 0 aliphatic heterocycles. The van der Waals surface area contributed by atoms with Crippen LogP contribution in [0, 0.1) is 0 Å². The fourth-order valence-corrected chi connectivity index (χ4v) is 1.29. The molecule has 0 aromatic heterocycles. The fourth-order valence-electron chi connectivity index (χ4n) is 0.979. The summed E-state index contributed by atoms with van der Waals surface area (Å²) < 4.78 is 0. The molecule has 0 unspecified atom stereocenters. The highest BCUT2D eigenvalue weighted by Crippen LogP contribution is 2.22. The van der Waals surface area contributed by atoms with Gasteiger partial charge < -0.3 is 0 Å². The third-order valence-electron chi connectivity index (χ3n) is 1.73. The first-order valence-electron chi connectivity index (χ1n) is 4.68. The summed E-state index contributed by atoms with van der Waals surface area (Å²) in [5.74, 6) is -0.785. The van der Waals surface area contributed by atoms with E-state index < -0.39 is 5.91 Å². The van der Waals surface area contributed by atoms with Crippen molar-refractivity contribution in [1.29, 1.82) is 0 Å². The molecular formula is C11H10Cl2N2O2. The molecule has 17 heavy (non-hydrogen) atoms. The Morgan fingerprint density at radius 1 is 1.18 bits per heavy atom. The van der Waals surface area contributed by atoms with Crippen LogP contribution in [0.4, 0.5) is 0 Å². The third kappa shape index (κ3) is 4.89. The molecule has 1 aromatic carbocycles. The molecule has 0 spiro atoms. The van der Waals surface area contributed by atoms with Gasteiger partial charge in [-0.05, 0) is 23.8 Å². The Labute approximate surface area is 109 Å². The van der Waals surface area contributed by atoms with E-state index in [9.17, 15) is 9.59 Å². The monoisotopic (exact) mass is 272 g/mol. The molecule has 1 aromatic rings. The van der Waals surface area contributed by atoms with Crippen LogP contribution in [0.5, 0.6) is 0 Å². The zero-order chi connectivity index (χ0) is 12.8. The number of rotatable bonds is 2. The van der Waals surface area contributed by atoms with E-state index in [0.29, 0.717) is 10.0 Å². The quantitative estimate of drug-likeness (QED) is 0.641. The number of nitrogens with one attached hydrogen (secondary N) is 2. The molecular weight excluding hydrogens is 263 g/mol. The molecule has 4 nitrogen and oxygen atoms in total. The molecule has 0 heterocycles. The molecule has 0 bridgehead atoms. The molecule has 2 amide bonds. The van der Waals surface area contributed by atoms with Crippen LogP contribution in [0.2, 0.25) is 10.0 Å². The predicted molar refractivity (Wildman–Crippen MR) is 67.5 cm³/mol. The van der Waals surface area contributed by atoms with Gasteiger partial charge in [-0.25, -0.2) is 0 Å². The van der Waals surface area contributed by atoms with E-state index in [1.807, 2.05) is 0 Å². The summed E-state index contributed by atoms with van der Waals surface area (Å²) in [6, 6.07) is 4.98. The smallest absolute Gasteiger partial charge is 0.262 e. The molecule has 0 radical (unpaired) electrons. The molecule has 0 aliphatic carbocycles. The lowest BCUT2D eigenvalue weighted by Gasteiger charge is -2.01. The van der Waals surface area contributed by atoms with Crippen molar-refractivity contribution < 1.29 is 9.59 Å². The summed E-state index contributed by atoms with van der Waals surface area (Å²) in [7, 11) is 0. The second-order valence-corrected chi connectivity index (χ2v) is 3.99. The van der Waals surface area contributed by atoms with Crippen molar-refractivity contribution in [1.82, 2.24) is 10.9 Å². The van der Waals surface area contributed by atoms with Crippen LogP contribution < -0.4 is 10.9 Å². The lowest BCUT2D eigenvalue weighted by atomic mass is 10.2. The highest BCUT2D eigenvalue weighted by Gasteiger charge is 1.98. The van der Waals surface area contributed by atoms with Gasteiger partial charge >= 0.3 is 0 Å². The van der Waals surface area contributed by atoms with Crippen LogP contribution in [0.3, 0.4) is 0 Å². The minimum atomic E-state index is -0.439. The molecule has 1 rings (SSSR count). The van der Waals surface area contributed by atoms with Gasteiger partial charge in [0, 0.05) is 13.0 Å². The van der Waals surface area contributed by atoms with E-state index >= 15 is 0 Å². The van der Waals surface area contributed by atoms with E-state index in [4.69, 9.17) is 23.2 Å². The number of benzene rings is 1. The highest BCUT2D eigenvalue weighted by molar-refractivity contribution is 6.42. The topological polar surface area (TPSA) is 58.2 Å². The average molecular weight is 273 g/mol. The Bertz CT molecular complexity index is 473. The standard InChI is InChI=1S/C11H10Cl2N2O2/c1-7(16)14-15-11(17)5-3-8-2-4-9(12)10(13)6-8/h2-6H,1H3,(H,14,16)(H,15,17). The van der Waals surface area contributed by atoms with Crippen LogP contribution in [0.1, 0.15) is 12.5 Å². The zero-order valence-electron chi connectivity index (χ0n) is 8.96. The summed E-state index contributed by atoms with van der Waals surface area (Å²) in [4.78, 5) is 21.7. The van der Waals surface area contributed by atoms with Crippen LogP contribution in [0.25, 0.3) is 6.08 Å². The Balaban J connectivity index is 2.61. The Morgan fingerprint density at radius 3 is 2.47 bits per heavy atom. The van der Waals surface area contributed by atoms with Crippen molar-refractivity contribution in [3.05, 3.63) is 39.9 Å². The summed E-state index contributed by atoms with van der Waals surface area (Å²) >= 11 is 11.6. The number of carbonyl (C=O) groups excluding carboxylic acids is 2. The lowest BCUT2D eigenvalue weighted by molar-refractivity contribution is -0.125. The molecule has 0 aliphatic rings. The minimum absolute atomic E-state index is 0.346. The second-order valence-electron chi connectivity index (χ2n) is 3.18. The van der Waals surface area contributed by atoms with Crippen molar-refractivity contribution >= 4 is 41.1 Å². The van der Waals surface area contributed by atoms with E-state index in [1.54, 1.807) is 24.3 Å². The van der Waals surface area contributed by atoms with E-state index in [2.05, 4.69) is 10.9 Å². The zero-order valence-corrected chi connectivity index (χ0v) is 10.5. The average Bonchev–Trinajstić information content (AvgIpc) is 2.28. The minimum Gasteiger partial charge on any atom is -0.274 e. The Kier molecular flexibility index (Phi) is 5.00. The molecule has 0 atom stereocenters. The Morgan fingerprint density at radius 2 is 1.88 bits per heavy atom. The van der Waals surface area contributed by atoms with Gasteiger partial charge in [-0.2, -0.15) is 0 Å². The number of amides is 2. The van der Waals surface area contributed by atoms with Crippen LogP contribution >= 0.6 is 23.2 Å². The van der Waals surface area contributed by atoms with Crippen molar-refractivity contribution in [3.63, 3.8) is 0 Å². The van der Waals surface area contributed by atoms with E-state index in [-0.39, 0.29) is 5.91 Å². The molecule has 90 valence electrons.